The van der Waals surface area contributed by atoms with Crippen LogP contribution in [-0.2, 0) is 11.3 Å². The molecule has 1 unspecified atom stereocenters. The van der Waals surface area contributed by atoms with Crippen LogP contribution in [0.5, 0.6) is 0 Å². The summed E-state index contributed by atoms with van der Waals surface area (Å²) in [6.07, 6.45) is 0. The highest BCUT2D eigenvalue weighted by Gasteiger charge is 2.26. The lowest BCUT2D eigenvalue weighted by Crippen LogP contribution is -2.28. The van der Waals surface area contributed by atoms with Gasteiger partial charge in [-0.05, 0) is 23.3 Å². The number of hydrogen-bond donors (Lipinski definition) is 0. The quantitative estimate of drug-likeness (QED) is 0.337. The molecule has 0 saturated heterocycles. The second-order valence-corrected chi connectivity index (χ2v) is 8.50. The molecule has 0 radical (unpaired) electrons. The third kappa shape index (κ3) is 4.54. The second kappa shape index (κ2) is 9.18. The van der Waals surface area contributed by atoms with Gasteiger partial charge in [-0.25, -0.2) is 4.98 Å². The molecule has 0 aliphatic carbocycles. The summed E-state index contributed by atoms with van der Waals surface area (Å²) in [5, 5.41) is 0.584. The normalized spacial score (nSPS) is 11.9. The smallest absolute Gasteiger partial charge is 0.262 e. The lowest BCUT2D eigenvalue weighted by atomic mass is 10.1. The topological polar surface area (TPSA) is 55.2 Å². The molecule has 6 heteroatoms. The van der Waals surface area contributed by atoms with Gasteiger partial charge in [-0.2, -0.15) is 0 Å². The highest BCUT2D eigenvalue weighted by Crippen LogP contribution is 2.35. The van der Waals surface area contributed by atoms with Crippen molar-refractivity contribution in [2.75, 3.05) is 14.1 Å². The Bertz CT molecular complexity index is 1250. The first-order valence-electron chi connectivity index (χ1n) is 10.0. The van der Waals surface area contributed by atoms with E-state index in [9.17, 15) is 9.59 Å². The van der Waals surface area contributed by atoms with Crippen LogP contribution >= 0.6 is 11.8 Å². The Kier molecular flexibility index (Phi) is 6.18. The van der Waals surface area contributed by atoms with Gasteiger partial charge in [-0.3, -0.25) is 14.2 Å². The summed E-state index contributed by atoms with van der Waals surface area (Å²) in [5.74, 6) is -0.0510. The molecule has 4 aromatic rings. The van der Waals surface area contributed by atoms with E-state index < -0.39 is 5.25 Å². The fraction of sp³-hybridized carbons (Fsp3) is 0.160. The fourth-order valence-electron chi connectivity index (χ4n) is 3.37. The number of likely N-dealkylation sites (N-methyl/N-ethyl adjacent to an activating group) is 1. The molecule has 0 fully saturated rings. The van der Waals surface area contributed by atoms with Gasteiger partial charge in [-0.1, -0.05) is 84.6 Å². The Labute approximate surface area is 185 Å². The third-order valence-electron chi connectivity index (χ3n) is 5.00. The molecule has 5 nitrogen and oxygen atoms in total. The van der Waals surface area contributed by atoms with Crippen LogP contribution in [0.2, 0.25) is 0 Å². The van der Waals surface area contributed by atoms with Crippen molar-refractivity contribution in [3.63, 3.8) is 0 Å². The monoisotopic (exact) mass is 429 g/mol. The average molecular weight is 430 g/mol. The van der Waals surface area contributed by atoms with Crippen molar-refractivity contribution in [3.8, 4) is 0 Å². The number of fused-ring (bicyclic) bond motifs is 1. The van der Waals surface area contributed by atoms with Crippen molar-refractivity contribution in [1.29, 1.82) is 0 Å². The molecule has 1 atom stereocenters. The zero-order valence-electron chi connectivity index (χ0n) is 17.4. The van der Waals surface area contributed by atoms with Crippen LogP contribution in [0.3, 0.4) is 0 Å². The number of benzene rings is 3. The summed E-state index contributed by atoms with van der Waals surface area (Å²) in [7, 11) is 3.48. The fourth-order valence-corrected chi connectivity index (χ4v) is 4.61. The van der Waals surface area contributed by atoms with Crippen LogP contribution in [0, 0.1) is 0 Å². The average Bonchev–Trinajstić information content (AvgIpc) is 2.80. The van der Waals surface area contributed by atoms with E-state index in [1.165, 1.54) is 11.8 Å². The first kappa shape index (κ1) is 20.9. The largest absolute Gasteiger partial charge is 0.348 e. The number of carbonyl (C=O) groups is 1. The molecule has 0 spiro atoms. The van der Waals surface area contributed by atoms with Gasteiger partial charge in [0, 0.05) is 14.1 Å². The third-order valence-corrected chi connectivity index (χ3v) is 6.23. The first-order chi connectivity index (χ1) is 15.0. The Morgan fingerprint density at radius 2 is 1.55 bits per heavy atom. The van der Waals surface area contributed by atoms with Crippen molar-refractivity contribution >= 4 is 28.6 Å². The minimum Gasteiger partial charge on any atom is -0.348 e. The molecule has 0 N–H and O–H groups in total. The summed E-state index contributed by atoms with van der Waals surface area (Å²) >= 11 is 1.31. The van der Waals surface area contributed by atoms with E-state index in [2.05, 4.69) is 0 Å². The number of para-hydroxylation sites is 1. The van der Waals surface area contributed by atoms with E-state index in [-0.39, 0.29) is 11.5 Å². The number of aromatic nitrogens is 2. The number of hydrogen-bond acceptors (Lipinski definition) is 4. The molecule has 1 heterocycles. The summed E-state index contributed by atoms with van der Waals surface area (Å²) in [6, 6.07) is 26.7. The van der Waals surface area contributed by atoms with Gasteiger partial charge in [0.1, 0.15) is 5.25 Å². The van der Waals surface area contributed by atoms with E-state index >= 15 is 0 Å². The van der Waals surface area contributed by atoms with Gasteiger partial charge in [0.05, 0.1) is 17.4 Å². The predicted octanol–water partition coefficient (Wildman–Crippen LogP) is 4.37. The number of thioether (sulfide) groups is 1. The van der Waals surface area contributed by atoms with Crippen LogP contribution < -0.4 is 5.56 Å². The molecule has 0 aliphatic heterocycles. The standard InChI is InChI=1S/C25H23N3O2S/c1-27(2)24(30)22(19-13-7-4-8-14-19)31-25-26-21-16-10-9-15-20(21)23(29)28(25)17-18-11-5-3-6-12-18/h3-16,22H,17H2,1-2H3. The van der Waals surface area contributed by atoms with Crippen LogP contribution in [-0.4, -0.2) is 34.5 Å². The molecule has 3 aromatic carbocycles. The minimum atomic E-state index is -0.508. The Hall–Kier alpha value is -3.38. The van der Waals surface area contributed by atoms with E-state index in [4.69, 9.17) is 4.98 Å². The molecule has 4 rings (SSSR count). The van der Waals surface area contributed by atoms with Gasteiger partial charge in [0.2, 0.25) is 5.91 Å². The van der Waals surface area contributed by atoms with E-state index in [0.29, 0.717) is 22.6 Å². The zero-order valence-corrected chi connectivity index (χ0v) is 18.3. The Morgan fingerprint density at radius 3 is 2.23 bits per heavy atom. The maximum absolute atomic E-state index is 13.4. The van der Waals surface area contributed by atoms with Crippen LogP contribution in [0.1, 0.15) is 16.4 Å². The zero-order chi connectivity index (χ0) is 21.8. The first-order valence-corrected chi connectivity index (χ1v) is 10.9. The Morgan fingerprint density at radius 1 is 0.935 bits per heavy atom. The van der Waals surface area contributed by atoms with Gasteiger partial charge < -0.3 is 4.90 Å². The minimum absolute atomic E-state index is 0.0510. The molecular formula is C25H23N3O2S. The number of nitrogens with zero attached hydrogens (tertiary/aromatic N) is 3. The summed E-state index contributed by atoms with van der Waals surface area (Å²) < 4.78 is 1.67. The second-order valence-electron chi connectivity index (χ2n) is 7.43. The van der Waals surface area contributed by atoms with Crippen molar-refractivity contribution in [2.24, 2.45) is 0 Å². The summed E-state index contributed by atoms with van der Waals surface area (Å²) in [5.41, 5.74) is 2.39. The Balaban J connectivity index is 1.85. The molecular weight excluding hydrogens is 406 g/mol. The van der Waals surface area contributed by atoms with Crippen molar-refractivity contribution in [2.45, 2.75) is 17.0 Å². The van der Waals surface area contributed by atoms with Gasteiger partial charge in [0.25, 0.3) is 5.56 Å². The molecule has 0 saturated carbocycles. The molecule has 156 valence electrons. The highest BCUT2D eigenvalue weighted by atomic mass is 32.2. The van der Waals surface area contributed by atoms with Crippen LogP contribution in [0.4, 0.5) is 0 Å². The van der Waals surface area contributed by atoms with Crippen LogP contribution in [0.25, 0.3) is 10.9 Å². The maximum Gasteiger partial charge on any atom is 0.262 e. The highest BCUT2D eigenvalue weighted by molar-refractivity contribution is 8.00. The molecule has 1 amide bonds. The summed E-state index contributed by atoms with van der Waals surface area (Å²) in [6.45, 7) is 0.386. The van der Waals surface area contributed by atoms with E-state index in [0.717, 1.165) is 11.1 Å². The van der Waals surface area contributed by atoms with Gasteiger partial charge >= 0.3 is 0 Å². The molecule has 0 bridgehead atoms. The lowest BCUT2D eigenvalue weighted by molar-refractivity contribution is -0.128. The van der Waals surface area contributed by atoms with Gasteiger partial charge in [-0.15, -0.1) is 0 Å². The predicted molar refractivity (Wildman–Crippen MR) is 125 cm³/mol. The molecule has 31 heavy (non-hydrogen) atoms. The lowest BCUT2D eigenvalue weighted by Gasteiger charge is -2.22. The van der Waals surface area contributed by atoms with Crippen molar-refractivity contribution in [3.05, 3.63) is 106 Å². The number of rotatable bonds is 6. The maximum atomic E-state index is 13.4. The number of carbonyl (C=O) groups excluding carboxylic acids is 1. The van der Waals surface area contributed by atoms with Crippen molar-refractivity contribution in [1.82, 2.24) is 14.5 Å². The van der Waals surface area contributed by atoms with Crippen LogP contribution in [0.15, 0.2) is 94.9 Å². The van der Waals surface area contributed by atoms with Gasteiger partial charge in [0.15, 0.2) is 5.16 Å². The molecule has 1 aromatic heterocycles. The summed E-state index contributed by atoms with van der Waals surface area (Å²) in [4.78, 5) is 32.8. The number of amides is 1. The van der Waals surface area contributed by atoms with Crippen molar-refractivity contribution < 1.29 is 4.79 Å². The molecule has 0 aliphatic rings. The SMILES string of the molecule is CN(C)C(=O)C(Sc1nc2ccccc2c(=O)n1Cc1ccccc1)c1ccccc1. The van der Waals surface area contributed by atoms with E-state index in [1.54, 1.807) is 29.6 Å². The van der Waals surface area contributed by atoms with E-state index in [1.807, 2.05) is 78.9 Å².